The molecule has 0 aliphatic rings. The molecule has 0 heterocycles. The van der Waals surface area contributed by atoms with Crippen LogP contribution in [0.15, 0.2) is 23.1 Å². The quantitative estimate of drug-likeness (QED) is 0.819. The zero-order chi connectivity index (χ0) is 15.5. The number of carbonyl (C=O) groups excluding carboxylic acids is 1. The molecule has 0 aliphatic carbocycles. The fourth-order valence-electron chi connectivity index (χ4n) is 1.63. The van der Waals surface area contributed by atoms with E-state index >= 15 is 0 Å². The van der Waals surface area contributed by atoms with Gasteiger partial charge in [0.15, 0.2) is 0 Å². The van der Waals surface area contributed by atoms with Gasteiger partial charge >= 0.3 is 0 Å². The number of anilines is 1. The van der Waals surface area contributed by atoms with E-state index in [0.717, 1.165) is 12.0 Å². The van der Waals surface area contributed by atoms with Gasteiger partial charge in [-0.05, 0) is 51.8 Å². The lowest BCUT2D eigenvalue weighted by molar-refractivity contribution is -0.121. The molecule has 4 nitrogen and oxygen atoms in total. The molecule has 0 fully saturated rings. The molecule has 112 valence electrons. The number of carbonyl (C=O) groups is 1. The van der Waals surface area contributed by atoms with Gasteiger partial charge < -0.3 is 11.1 Å². The van der Waals surface area contributed by atoms with E-state index < -0.39 is 16.0 Å². The fourth-order valence-corrected chi connectivity index (χ4v) is 2.86. The van der Waals surface area contributed by atoms with Crippen molar-refractivity contribution in [3.05, 3.63) is 23.8 Å². The van der Waals surface area contributed by atoms with Crippen LogP contribution < -0.4 is 11.1 Å². The lowest BCUT2D eigenvalue weighted by atomic mass is 10.0. The van der Waals surface area contributed by atoms with Gasteiger partial charge in [0.25, 0.3) is 0 Å². The first kappa shape index (κ1) is 16.7. The van der Waals surface area contributed by atoms with Crippen molar-refractivity contribution in [1.82, 2.24) is 5.32 Å². The van der Waals surface area contributed by atoms with Crippen LogP contribution in [0.5, 0.6) is 0 Å². The highest BCUT2D eigenvalue weighted by atomic mass is 32.2. The number of rotatable bonds is 5. The molecule has 0 bridgehead atoms. The molecule has 0 spiro atoms. The van der Waals surface area contributed by atoms with Crippen molar-refractivity contribution in [2.45, 2.75) is 56.7 Å². The molecule has 3 N–H and O–H groups in total. The van der Waals surface area contributed by atoms with Crippen molar-refractivity contribution in [3.8, 4) is 0 Å². The van der Waals surface area contributed by atoms with E-state index in [0.29, 0.717) is 10.6 Å². The van der Waals surface area contributed by atoms with E-state index in [1.807, 2.05) is 33.8 Å². The first-order chi connectivity index (χ1) is 9.18. The number of nitrogens with two attached hydrogens (primary N) is 1. The Hall–Kier alpha value is -1.36. The summed E-state index contributed by atoms with van der Waals surface area (Å²) in [4.78, 5) is 12.7. The average Bonchev–Trinajstić information content (AvgIpc) is 2.39. The van der Waals surface area contributed by atoms with Gasteiger partial charge in [-0.15, -0.1) is 0 Å². The first-order valence-electron chi connectivity index (χ1n) is 6.76. The largest absolute Gasteiger partial charge is 0.398 e. The second-order valence-electron chi connectivity index (χ2n) is 5.71. The normalized spacial score (nSPS) is 14.7. The van der Waals surface area contributed by atoms with Gasteiger partial charge in [-0.25, -0.2) is 0 Å². The second-order valence-corrected chi connectivity index (χ2v) is 7.45. The Morgan fingerprint density at radius 1 is 1.45 bits per heavy atom. The lowest BCUT2D eigenvalue weighted by Crippen LogP contribution is -2.47. The molecule has 5 heteroatoms. The van der Waals surface area contributed by atoms with Gasteiger partial charge in [-0.2, -0.15) is 0 Å². The summed E-state index contributed by atoms with van der Waals surface area (Å²) in [6.45, 7) is 9.47. The molecule has 0 saturated carbocycles. The van der Waals surface area contributed by atoms with Crippen LogP contribution in [0.3, 0.4) is 0 Å². The number of hydrogen-bond donors (Lipinski definition) is 2. The van der Waals surface area contributed by atoms with Gasteiger partial charge in [0.2, 0.25) is 5.91 Å². The third-order valence-corrected chi connectivity index (χ3v) is 5.06. The van der Waals surface area contributed by atoms with Gasteiger partial charge in [0.05, 0.1) is 15.7 Å². The highest BCUT2D eigenvalue weighted by Crippen LogP contribution is 2.21. The zero-order valence-corrected chi connectivity index (χ0v) is 13.6. The summed E-state index contributed by atoms with van der Waals surface area (Å²) in [6.07, 6.45) is 0.810. The molecule has 1 rings (SSSR count). The molecular weight excluding hydrogens is 272 g/mol. The maximum atomic E-state index is 12.5. The minimum Gasteiger partial charge on any atom is -0.398 e. The number of nitrogen functional groups attached to an aromatic ring is 1. The van der Waals surface area contributed by atoms with Crippen molar-refractivity contribution in [3.63, 3.8) is 0 Å². The third kappa shape index (κ3) is 4.07. The maximum Gasteiger partial charge on any atom is 0.236 e. The fraction of sp³-hybridized carbons (Fsp3) is 0.533. The Morgan fingerprint density at radius 2 is 2.05 bits per heavy atom. The summed E-state index contributed by atoms with van der Waals surface area (Å²) >= 11 is 0. The van der Waals surface area contributed by atoms with E-state index in [4.69, 9.17) is 5.73 Å². The van der Waals surface area contributed by atoms with E-state index in [1.165, 1.54) is 0 Å². The Morgan fingerprint density at radius 3 is 2.60 bits per heavy atom. The lowest BCUT2D eigenvalue weighted by Gasteiger charge is -2.26. The van der Waals surface area contributed by atoms with Crippen molar-refractivity contribution < 1.29 is 9.00 Å². The molecule has 1 amide bonds. The molecule has 20 heavy (non-hydrogen) atoms. The number of amides is 1. The van der Waals surface area contributed by atoms with Gasteiger partial charge in [0, 0.05) is 11.2 Å². The summed E-state index contributed by atoms with van der Waals surface area (Å²) in [7, 11) is -1.45. The van der Waals surface area contributed by atoms with Gasteiger partial charge in [-0.3, -0.25) is 9.00 Å². The van der Waals surface area contributed by atoms with Crippen LogP contribution in [0.4, 0.5) is 5.69 Å². The van der Waals surface area contributed by atoms with Crippen molar-refractivity contribution >= 4 is 22.4 Å². The first-order valence-corrected chi connectivity index (χ1v) is 7.98. The predicted molar refractivity (Wildman–Crippen MR) is 84.0 cm³/mol. The van der Waals surface area contributed by atoms with Crippen LogP contribution >= 0.6 is 0 Å². The topological polar surface area (TPSA) is 72.2 Å². The number of benzene rings is 1. The minimum absolute atomic E-state index is 0.212. The Balaban J connectivity index is 2.91. The molecule has 0 aromatic heterocycles. The SMILES string of the molecule is CCC(C)(C)NC(=O)C(C)S(=O)c1cc(C)ccc1N. The van der Waals surface area contributed by atoms with Crippen LogP contribution in [0, 0.1) is 6.92 Å². The molecule has 0 aliphatic heterocycles. The summed E-state index contributed by atoms with van der Waals surface area (Å²) < 4.78 is 12.5. The molecule has 0 radical (unpaired) electrons. The second kappa shape index (κ2) is 6.39. The Bertz CT molecular complexity index is 527. The Kier molecular flexibility index (Phi) is 5.34. The van der Waals surface area contributed by atoms with Crippen LogP contribution in [0.25, 0.3) is 0 Å². The van der Waals surface area contributed by atoms with Crippen LogP contribution in [0.1, 0.15) is 39.7 Å². The average molecular weight is 296 g/mol. The van der Waals surface area contributed by atoms with E-state index in [9.17, 15) is 9.00 Å². The highest BCUT2D eigenvalue weighted by molar-refractivity contribution is 7.86. The number of nitrogens with one attached hydrogen (secondary N) is 1. The van der Waals surface area contributed by atoms with Crippen molar-refractivity contribution in [2.75, 3.05) is 5.73 Å². The summed E-state index contributed by atoms with van der Waals surface area (Å²) in [6, 6.07) is 5.37. The van der Waals surface area contributed by atoms with Gasteiger partial charge in [0.1, 0.15) is 5.25 Å². The van der Waals surface area contributed by atoms with E-state index in [1.54, 1.807) is 19.1 Å². The maximum absolute atomic E-state index is 12.5. The van der Waals surface area contributed by atoms with Crippen molar-refractivity contribution in [2.24, 2.45) is 0 Å². The van der Waals surface area contributed by atoms with Crippen LogP contribution in [0.2, 0.25) is 0 Å². The van der Waals surface area contributed by atoms with E-state index in [2.05, 4.69) is 5.32 Å². The number of hydrogen-bond acceptors (Lipinski definition) is 3. The monoisotopic (exact) mass is 296 g/mol. The third-order valence-electron chi connectivity index (χ3n) is 3.42. The predicted octanol–water partition coefficient (Wildman–Crippen LogP) is 2.38. The van der Waals surface area contributed by atoms with Crippen LogP contribution in [-0.4, -0.2) is 20.9 Å². The minimum atomic E-state index is -1.45. The molecule has 1 aromatic rings. The molecule has 2 unspecified atom stereocenters. The summed E-state index contributed by atoms with van der Waals surface area (Å²) in [5.74, 6) is -0.212. The van der Waals surface area contributed by atoms with E-state index in [-0.39, 0.29) is 11.4 Å². The van der Waals surface area contributed by atoms with Crippen LogP contribution in [-0.2, 0) is 15.6 Å². The number of aryl methyl sites for hydroxylation is 1. The Labute approximate surface area is 123 Å². The zero-order valence-electron chi connectivity index (χ0n) is 12.8. The summed E-state index contributed by atoms with van der Waals surface area (Å²) in [5, 5.41) is 2.28. The molecule has 1 aromatic carbocycles. The van der Waals surface area contributed by atoms with Crippen molar-refractivity contribution in [1.29, 1.82) is 0 Å². The van der Waals surface area contributed by atoms with Gasteiger partial charge in [-0.1, -0.05) is 13.0 Å². The smallest absolute Gasteiger partial charge is 0.236 e. The molecule has 2 atom stereocenters. The standard InChI is InChI=1S/C15H24N2O2S/c1-6-15(4,5)17-14(18)11(3)20(19)13-9-10(2)7-8-12(13)16/h7-9,11H,6,16H2,1-5H3,(H,17,18). The highest BCUT2D eigenvalue weighted by Gasteiger charge is 2.27. The molecular formula is C15H24N2O2S. The molecule has 0 saturated heterocycles. The summed E-state index contributed by atoms with van der Waals surface area (Å²) in [5.41, 5.74) is 7.00.